The number of para-hydroxylation sites is 1. The molecule has 0 bridgehead atoms. The molecule has 4 rings (SSSR count). The third-order valence-electron chi connectivity index (χ3n) is 4.48. The predicted octanol–water partition coefficient (Wildman–Crippen LogP) is 5.44. The van der Waals surface area contributed by atoms with Gasteiger partial charge in [0.25, 0.3) is 0 Å². The van der Waals surface area contributed by atoms with Crippen LogP contribution in [-0.4, -0.2) is 5.78 Å². The number of carbonyl (C=O) groups excluding carboxylic acids is 1. The number of hydrogen-bond acceptors (Lipinski definition) is 1. The summed E-state index contributed by atoms with van der Waals surface area (Å²) in [6, 6.07) is 30.0. The first-order chi connectivity index (χ1) is 12.7. The molecule has 0 fully saturated rings. The first-order valence-electron chi connectivity index (χ1n) is 8.48. The second-order valence-corrected chi connectivity index (χ2v) is 7.08. The van der Waals surface area contributed by atoms with E-state index in [-0.39, 0.29) is 5.78 Å². The maximum Gasteiger partial charge on any atom is 0.227 e. The number of Topliss-reactive ketones (excluding diaryl/α,β-unsaturated/α-hetero) is 1. The lowest BCUT2D eigenvalue weighted by atomic mass is 10.1. The number of nitrogens with zero attached hydrogens (tertiary/aromatic N) is 1. The highest BCUT2D eigenvalue weighted by molar-refractivity contribution is 9.10. The molecule has 2 nitrogen and oxygen atoms in total. The van der Waals surface area contributed by atoms with Crippen LogP contribution in [0, 0.1) is 0 Å². The molecule has 0 radical (unpaired) electrons. The zero-order valence-corrected chi connectivity index (χ0v) is 15.7. The number of aromatic nitrogens is 1. The van der Waals surface area contributed by atoms with Crippen molar-refractivity contribution in [1.82, 2.24) is 0 Å². The van der Waals surface area contributed by atoms with Gasteiger partial charge in [0, 0.05) is 33.1 Å². The van der Waals surface area contributed by atoms with E-state index in [4.69, 9.17) is 0 Å². The van der Waals surface area contributed by atoms with E-state index in [1.807, 2.05) is 54.6 Å². The first-order valence-corrected chi connectivity index (χ1v) is 9.27. The molecule has 0 N–H and O–H groups in total. The third-order valence-corrected chi connectivity index (χ3v) is 5.01. The second kappa shape index (κ2) is 7.22. The van der Waals surface area contributed by atoms with Crippen LogP contribution < -0.4 is 4.57 Å². The molecule has 3 aromatic carbocycles. The first kappa shape index (κ1) is 16.7. The lowest BCUT2D eigenvalue weighted by Gasteiger charge is -2.08. The Kier molecular flexibility index (Phi) is 4.63. The molecule has 0 spiro atoms. The van der Waals surface area contributed by atoms with Crippen molar-refractivity contribution in [3.63, 3.8) is 0 Å². The number of hydrogen-bond donors (Lipinski definition) is 0. The molecule has 0 atom stereocenters. The van der Waals surface area contributed by atoms with Crippen LogP contribution in [0.2, 0.25) is 0 Å². The van der Waals surface area contributed by atoms with E-state index in [0.29, 0.717) is 6.54 Å². The molecule has 0 saturated carbocycles. The summed E-state index contributed by atoms with van der Waals surface area (Å²) >= 11 is 3.49. The largest absolute Gasteiger partial charge is 0.287 e. The Bertz CT molecular complexity index is 1070. The van der Waals surface area contributed by atoms with Crippen molar-refractivity contribution >= 4 is 32.6 Å². The molecule has 0 amide bonds. The summed E-state index contributed by atoms with van der Waals surface area (Å²) < 4.78 is 3.14. The maximum atomic E-state index is 12.9. The van der Waals surface area contributed by atoms with Crippen molar-refractivity contribution in [3.05, 3.63) is 101 Å². The average Bonchev–Trinajstić information content (AvgIpc) is 2.70. The number of benzene rings is 3. The number of carbonyl (C=O) groups is 1. The van der Waals surface area contributed by atoms with Crippen LogP contribution in [0.4, 0.5) is 0 Å². The highest BCUT2D eigenvalue weighted by atomic mass is 79.9. The van der Waals surface area contributed by atoms with Gasteiger partial charge in [-0.15, -0.1) is 0 Å². The predicted molar refractivity (Wildman–Crippen MR) is 108 cm³/mol. The second-order valence-electron chi connectivity index (χ2n) is 6.16. The topological polar surface area (TPSA) is 20.9 Å². The lowest BCUT2D eigenvalue weighted by Crippen LogP contribution is -2.41. The quantitative estimate of drug-likeness (QED) is 0.328. The van der Waals surface area contributed by atoms with Gasteiger partial charge in [0.05, 0.1) is 0 Å². The monoisotopic (exact) mass is 402 g/mol. The number of pyridine rings is 1. The van der Waals surface area contributed by atoms with Gasteiger partial charge in [0.1, 0.15) is 0 Å². The Morgan fingerprint density at radius 1 is 0.769 bits per heavy atom. The highest BCUT2D eigenvalue weighted by Gasteiger charge is 2.21. The van der Waals surface area contributed by atoms with E-state index in [2.05, 4.69) is 56.9 Å². The molecule has 0 aliphatic carbocycles. The van der Waals surface area contributed by atoms with Crippen LogP contribution in [0.25, 0.3) is 22.2 Å². The van der Waals surface area contributed by atoms with Crippen molar-refractivity contribution in [2.75, 3.05) is 0 Å². The summed E-state index contributed by atoms with van der Waals surface area (Å²) in [5.41, 5.74) is 3.90. The van der Waals surface area contributed by atoms with Crippen molar-refractivity contribution in [1.29, 1.82) is 0 Å². The number of halogens is 1. The fraction of sp³-hybridized carbons (Fsp3) is 0.0435. The van der Waals surface area contributed by atoms with Crippen LogP contribution in [0.5, 0.6) is 0 Å². The highest BCUT2D eigenvalue weighted by Crippen LogP contribution is 2.22. The molecule has 3 heteroatoms. The molecule has 0 unspecified atom stereocenters. The van der Waals surface area contributed by atoms with Gasteiger partial charge < -0.3 is 0 Å². The summed E-state index contributed by atoms with van der Waals surface area (Å²) in [5, 5.41) is 1.12. The van der Waals surface area contributed by atoms with E-state index < -0.39 is 0 Å². The van der Waals surface area contributed by atoms with Gasteiger partial charge in [-0.2, -0.15) is 4.57 Å². The van der Waals surface area contributed by atoms with Crippen LogP contribution in [-0.2, 0) is 6.54 Å². The molecule has 4 aromatic rings. The van der Waals surface area contributed by atoms with Gasteiger partial charge in [-0.25, -0.2) is 0 Å². The minimum Gasteiger partial charge on any atom is -0.287 e. The summed E-state index contributed by atoms with van der Waals surface area (Å²) in [6.45, 7) is 0.302. The number of rotatable bonds is 4. The zero-order chi connectivity index (χ0) is 17.9. The Morgan fingerprint density at radius 3 is 2.23 bits per heavy atom. The lowest BCUT2D eigenvalue weighted by molar-refractivity contribution is -0.646. The normalized spacial score (nSPS) is 10.8. The third kappa shape index (κ3) is 3.31. The van der Waals surface area contributed by atoms with Crippen molar-refractivity contribution < 1.29 is 9.36 Å². The molecular formula is C23H17BrNO+. The van der Waals surface area contributed by atoms with E-state index in [0.717, 1.165) is 32.2 Å². The summed E-state index contributed by atoms with van der Waals surface area (Å²) in [4.78, 5) is 12.9. The SMILES string of the molecule is O=C(C[n+]1c(-c2ccc(Br)cc2)ccc2ccccc21)c1ccccc1. The minimum atomic E-state index is 0.102. The molecule has 0 saturated heterocycles. The Morgan fingerprint density at radius 2 is 1.46 bits per heavy atom. The Labute approximate surface area is 160 Å². The van der Waals surface area contributed by atoms with Gasteiger partial charge >= 0.3 is 0 Å². The van der Waals surface area contributed by atoms with E-state index in [1.165, 1.54) is 0 Å². The standard InChI is InChI=1S/C23H17BrNO/c24-20-13-10-18(11-14-20)22-15-12-17-6-4-5-9-21(17)25(22)16-23(26)19-7-2-1-3-8-19/h1-15H,16H2/q+1. The number of ketones is 1. The van der Waals surface area contributed by atoms with Crippen molar-refractivity contribution in [3.8, 4) is 11.3 Å². The average molecular weight is 403 g/mol. The fourth-order valence-electron chi connectivity index (χ4n) is 3.16. The van der Waals surface area contributed by atoms with Gasteiger partial charge in [-0.3, -0.25) is 4.79 Å². The maximum absolute atomic E-state index is 12.9. The van der Waals surface area contributed by atoms with Crippen molar-refractivity contribution in [2.24, 2.45) is 0 Å². The molecule has 0 aliphatic heterocycles. The van der Waals surface area contributed by atoms with Gasteiger partial charge in [-0.05, 0) is 36.4 Å². The molecular weight excluding hydrogens is 386 g/mol. The summed E-state index contributed by atoms with van der Waals surface area (Å²) in [6.07, 6.45) is 0. The molecule has 126 valence electrons. The van der Waals surface area contributed by atoms with E-state index in [1.54, 1.807) is 0 Å². The fourth-order valence-corrected chi connectivity index (χ4v) is 3.43. The van der Waals surface area contributed by atoms with Crippen LogP contribution >= 0.6 is 15.9 Å². The summed E-state index contributed by atoms with van der Waals surface area (Å²) in [5.74, 6) is 0.102. The van der Waals surface area contributed by atoms with Crippen LogP contribution in [0.15, 0.2) is 95.5 Å². The van der Waals surface area contributed by atoms with Crippen LogP contribution in [0.3, 0.4) is 0 Å². The van der Waals surface area contributed by atoms with E-state index >= 15 is 0 Å². The Balaban J connectivity index is 1.86. The molecule has 1 aromatic heterocycles. The van der Waals surface area contributed by atoms with E-state index in [9.17, 15) is 4.79 Å². The Hall–Kier alpha value is -2.78. The molecule has 1 heterocycles. The molecule has 26 heavy (non-hydrogen) atoms. The summed E-state index contributed by atoms with van der Waals surface area (Å²) in [7, 11) is 0. The zero-order valence-electron chi connectivity index (χ0n) is 14.1. The van der Waals surface area contributed by atoms with Crippen molar-refractivity contribution in [2.45, 2.75) is 6.54 Å². The van der Waals surface area contributed by atoms with Crippen LogP contribution in [0.1, 0.15) is 10.4 Å². The van der Waals surface area contributed by atoms with Gasteiger partial charge in [-0.1, -0.05) is 58.4 Å². The van der Waals surface area contributed by atoms with Gasteiger partial charge in [0.15, 0.2) is 0 Å². The van der Waals surface area contributed by atoms with Gasteiger partial charge in [0.2, 0.25) is 23.5 Å². The smallest absolute Gasteiger partial charge is 0.227 e. The minimum absolute atomic E-state index is 0.102. The number of fused-ring (bicyclic) bond motifs is 1. The molecule has 0 aliphatic rings.